The van der Waals surface area contributed by atoms with Crippen LogP contribution in [0.1, 0.15) is 19.2 Å². The van der Waals surface area contributed by atoms with Crippen LogP contribution in [0, 0.1) is 6.92 Å². The minimum atomic E-state index is 0.862. The van der Waals surface area contributed by atoms with Gasteiger partial charge in [-0.15, -0.1) is 5.10 Å². The van der Waals surface area contributed by atoms with Gasteiger partial charge in [-0.25, -0.2) is 9.67 Å². The Balaban J connectivity index is 2.24. The molecule has 92 valence electrons. The molecule has 0 radical (unpaired) electrons. The Kier molecular flexibility index (Phi) is 2.59. The van der Waals surface area contributed by atoms with E-state index in [0.29, 0.717) is 0 Å². The highest BCUT2D eigenvalue weighted by molar-refractivity contribution is 5.77. The molecule has 0 aliphatic rings. The lowest BCUT2D eigenvalue weighted by atomic mass is 10.3. The van der Waals surface area contributed by atoms with E-state index in [1.807, 2.05) is 29.8 Å². The van der Waals surface area contributed by atoms with E-state index in [1.165, 1.54) is 0 Å². The van der Waals surface area contributed by atoms with Crippen LogP contribution in [0.2, 0.25) is 0 Å². The second-order valence-electron chi connectivity index (χ2n) is 4.30. The van der Waals surface area contributed by atoms with Crippen molar-refractivity contribution in [2.24, 2.45) is 0 Å². The maximum Gasteiger partial charge on any atom is 0.157 e. The highest BCUT2D eigenvalue weighted by Crippen LogP contribution is 2.20. The summed E-state index contributed by atoms with van der Waals surface area (Å²) >= 11 is 0. The van der Waals surface area contributed by atoms with Crippen molar-refractivity contribution in [1.29, 1.82) is 0 Å². The Hall–Kier alpha value is -2.17. The van der Waals surface area contributed by atoms with Crippen LogP contribution >= 0.6 is 0 Å². The van der Waals surface area contributed by atoms with Crippen molar-refractivity contribution in [1.82, 2.24) is 24.5 Å². The number of hydrogen-bond donors (Lipinski definition) is 0. The molecule has 18 heavy (non-hydrogen) atoms. The maximum absolute atomic E-state index is 4.56. The topological polar surface area (TPSA) is 48.5 Å². The number of fused-ring (bicyclic) bond motifs is 1. The Bertz CT molecular complexity index is 680. The lowest BCUT2D eigenvalue weighted by Crippen LogP contribution is -2.08. The monoisotopic (exact) mass is 241 g/mol. The van der Waals surface area contributed by atoms with Crippen LogP contribution in [0.15, 0.2) is 30.5 Å². The molecule has 2 aromatic heterocycles. The predicted molar refractivity (Wildman–Crippen MR) is 69.7 cm³/mol. The van der Waals surface area contributed by atoms with Gasteiger partial charge in [0.2, 0.25) is 0 Å². The molecule has 1 aromatic carbocycles. The van der Waals surface area contributed by atoms with Crippen LogP contribution < -0.4 is 0 Å². The Morgan fingerprint density at radius 3 is 2.89 bits per heavy atom. The SMILES string of the molecule is CCCn1nncc1-n1c(C)nc2ccccc21. The molecule has 0 atom stereocenters. The molecule has 0 saturated heterocycles. The van der Waals surface area contributed by atoms with Crippen LogP contribution in [0.25, 0.3) is 16.9 Å². The largest absolute Gasteiger partial charge is 0.279 e. The number of imidazole rings is 1. The minimum Gasteiger partial charge on any atom is -0.279 e. The summed E-state index contributed by atoms with van der Waals surface area (Å²) in [6.07, 6.45) is 2.82. The van der Waals surface area contributed by atoms with E-state index >= 15 is 0 Å². The van der Waals surface area contributed by atoms with Gasteiger partial charge in [-0.05, 0) is 25.5 Å². The number of aryl methyl sites for hydroxylation is 2. The summed E-state index contributed by atoms with van der Waals surface area (Å²) in [4.78, 5) is 4.56. The van der Waals surface area contributed by atoms with Crippen molar-refractivity contribution in [3.63, 3.8) is 0 Å². The van der Waals surface area contributed by atoms with Gasteiger partial charge in [0.1, 0.15) is 5.82 Å². The smallest absolute Gasteiger partial charge is 0.157 e. The van der Waals surface area contributed by atoms with Gasteiger partial charge in [-0.3, -0.25) is 4.57 Å². The highest BCUT2D eigenvalue weighted by atomic mass is 15.5. The summed E-state index contributed by atoms with van der Waals surface area (Å²) in [5.41, 5.74) is 2.09. The molecule has 0 bridgehead atoms. The maximum atomic E-state index is 4.56. The number of aromatic nitrogens is 5. The Labute approximate surface area is 105 Å². The summed E-state index contributed by atoms with van der Waals surface area (Å²) < 4.78 is 4.02. The van der Waals surface area contributed by atoms with Gasteiger partial charge in [0.05, 0.1) is 17.2 Å². The summed E-state index contributed by atoms with van der Waals surface area (Å²) in [6, 6.07) is 8.11. The van der Waals surface area contributed by atoms with Gasteiger partial charge in [-0.1, -0.05) is 24.3 Å². The fourth-order valence-corrected chi connectivity index (χ4v) is 2.23. The van der Waals surface area contributed by atoms with Gasteiger partial charge < -0.3 is 0 Å². The van der Waals surface area contributed by atoms with E-state index in [9.17, 15) is 0 Å². The van der Waals surface area contributed by atoms with Gasteiger partial charge in [0.25, 0.3) is 0 Å². The third kappa shape index (κ3) is 1.59. The number of hydrogen-bond acceptors (Lipinski definition) is 3. The summed E-state index contributed by atoms with van der Waals surface area (Å²) in [6.45, 7) is 4.99. The lowest BCUT2D eigenvalue weighted by molar-refractivity contribution is 0.567. The van der Waals surface area contributed by atoms with E-state index in [4.69, 9.17) is 0 Å². The van der Waals surface area contributed by atoms with Gasteiger partial charge in [-0.2, -0.15) is 0 Å². The molecular formula is C13H15N5. The molecule has 0 spiro atoms. The highest BCUT2D eigenvalue weighted by Gasteiger charge is 2.12. The van der Waals surface area contributed by atoms with E-state index in [0.717, 1.165) is 35.6 Å². The molecule has 0 aliphatic carbocycles. The first-order chi connectivity index (χ1) is 8.81. The molecule has 5 heteroatoms. The third-order valence-electron chi connectivity index (χ3n) is 2.99. The molecule has 3 aromatic rings. The van der Waals surface area contributed by atoms with Crippen LogP contribution in [0.5, 0.6) is 0 Å². The van der Waals surface area contributed by atoms with E-state index in [2.05, 4.69) is 32.9 Å². The fraction of sp³-hybridized carbons (Fsp3) is 0.308. The van der Waals surface area contributed by atoms with Crippen molar-refractivity contribution in [2.45, 2.75) is 26.8 Å². The van der Waals surface area contributed by atoms with Gasteiger partial charge in [0, 0.05) is 6.54 Å². The number of nitrogens with zero attached hydrogens (tertiary/aromatic N) is 5. The lowest BCUT2D eigenvalue weighted by Gasteiger charge is -2.08. The Morgan fingerprint density at radius 1 is 1.22 bits per heavy atom. The van der Waals surface area contributed by atoms with Crippen LogP contribution in [-0.4, -0.2) is 24.5 Å². The average molecular weight is 241 g/mol. The van der Waals surface area contributed by atoms with E-state index in [1.54, 1.807) is 6.20 Å². The molecule has 0 aliphatic heterocycles. The minimum absolute atomic E-state index is 0.862. The second kappa shape index (κ2) is 4.25. The summed E-state index contributed by atoms with van der Waals surface area (Å²) in [5.74, 6) is 1.93. The standard InChI is InChI=1S/C13H15N5/c1-3-8-17-13(9-14-16-17)18-10(2)15-11-6-4-5-7-12(11)18/h4-7,9H,3,8H2,1-2H3. The van der Waals surface area contributed by atoms with Crippen molar-refractivity contribution < 1.29 is 0 Å². The van der Waals surface area contributed by atoms with Crippen molar-refractivity contribution in [3.05, 3.63) is 36.3 Å². The fourth-order valence-electron chi connectivity index (χ4n) is 2.23. The zero-order valence-corrected chi connectivity index (χ0v) is 10.5. The normalized spacial score (nSPS) is 11.2. The van der Waals surface area contributed by atoms with Crippen LogP contribution in [0.3, 0.4) is 0 Å². The first kappa shape index (κ1) is 11.0. The molecule has 2 heterocycles. The van der Waals surface area contributed by atoms with E-state index in [-0.39, 0.29) is 0 Å². The zero-order chi connectivity index (χ0) is 12.5. The van der Waals surface area contributed by atoms with Crippen molar-refractivity contribution >= 4 is 11.0 Å². The molecular weight excluding hydrogens is 226 g/mol. The second-order valence-corrected chi connectivity index (χ2v) is 4.30. The van der Waals surface area contributed by atoms with Crippen molar-refractivity contribution in [3.8, 4) is 5.82 Å². The summed E-state index contributed by atoms with van der Waals surface area (Å²) in [5, 5.41) is 8.14. The number of rotatable bonds is 3. The van der Waals surface area contributed by atoms with Gasteiger partial charge in [0.15, 0.2) is 5.82 Å². The molecule has 0 N–H and O–H groups in total. The molecule has 0 unspecified atom stereocenters. The number of benzene rings is 1. The molecule has 5 nitrogen and oxygen atoms in total. The third-order valence-corrected chi connectivity index (χ3v) is 2.99. The molecule has 0 amide bonds. The first-order valence-electron chi connectivity index (χ1n) is 6.14. The predicted octanol–water partition coefficient (Wildman–Crippen LogP) is 2.34. The molecule has 0 saturated carbocycles. The Morgan fingerprint density at radius 2 is 2.06 bits per heavy atom. The van der Waals surface area contributed by atoms with Crippen LogP contribution in [-0.2, 0) is 6.54 Å². The molecule has 3 rings (SSSR count). The first-order valence-corrected chi connectivity index (χ1v) is 6.14. The van der Waals surface area contributed by atoms with Gasteiger partial charge >= 0.3 is 0 Å². The van der Waals surface area contributed by atoms with Crippen molar-refractivity contribution in [2.75, 3.05) is 0 Å². The van der Waals surface area contributed by atoms with E-state index < -0.39 is 0 Å². The average Bonchev–Trinajstić information content (AvgIpc) is 2.92. The summed E-state index contributed by atoms with van der Waals surface area (Å²) in [7, 11) is 0. The van der Waals surface area contributed by atoms with Crippen LogP contribution in [0.4, 0.5) is 0 Å². The number of para-hydroxylation sites is 2. The zero-order valence-electron chi connectivity index (χ0n) is 10.5. The quantitative estimate of drug-likeness (QED) is 0.707. The molecule has 0 fully saturated rings.